The number of para-hydroxylation sites is 1. The van der Waals surface area contributed by atoms with Gasteiger partial charge in [0.2, 0.25) is 0 Å². The number of carbonyl (C=O) groups excluding carboxylic acids is 1. The minimum Gasteiger partial charge on any atom is -0.282 e. The monoisotopic (exact) mass is 298 g/mol. The number of nitrogens with zero attached hydrogens (tertiary/aromatic N) is 2. The van der Waals surface area contributed by atoms with E-state index in [1.165, 1.54) is 36.4 Å². The fourth-order valence-corrected chi connectivity index (χ4v) is 1.86. The second-order valence-corrected chi connectivity index (χ2v) is 4.30. The normalized spacial score (nSPS) is 11.0. The highest BCUT2D eigenvalue weighted by atomic mass is 16.6. The first-order chi connectivity index (χ1) is 10.5. The maximum Gasteiger partial charge on any atom is 0.317 e. The van der Waals surface area contributed by atoms with E-state index in [0.29, 0.717) is 0 Å². The topological polar surface area (TPSA) is 103 Å². The Morgan fingerprint density at radius 1 is 0.909 bits per heavy atom. The first kappa shape index (κ1) is 15.0. The van der Waals surface area contributed by atoms with Gasteiger partial charge in [-0.05, 0) is 6.07 Å². The van der Waals surface area contributed by atoms with Gasteiger partial charge in [0.1, 0.15) is 0 Å². The van der Waals surface area contributed by atoms with E-state index in [0.717, 1.165) is 6.08 Å². The molecule has 0 heterocycles. The molecule has 0 saturated carbocycles. The van der Waals surface area contributed by atoms with Gasteiger partial charge < -0.3 is 0 Å². The summed E-state index contributed by atoms with van der Waals surface area (Å²) in [6, 6.07) is 13.2. The summed E-state index contributed by atoms with van der Waals surface area (Å²) in [5.74, 6) is -0.802. The molecular formula is C15H10N2O5. The molecule has 7 nitrogen and oxygen atoms in total. The Hall–Kier alpha value is -3.35. The third-order valence-corrected chi connectivity index (χ3v) is 2.89. The lowest BCUT2D eigenvalue weighted by atomic mass is 10.1. The molecule has 0 aromatic heterocycles. The third kappa shape index (κ3) is 3.21. The molecule has 0 spiro atoms. The van der Waals surface area contributed by atoms with Gasteiger partial charge in [-0.15, -0.1) is 0 Å². The maximum absolute atomic E-state index is 12.2. The van der Waals surface area contributed by atoms with Crippen molar-refractivity contribution in [3.8, 4) is 0 Å². The van der Waals surface area contributed by atoms with E-state index in [1.54, 1.807) is 18.2 Å². The number of ketones is 1. The smallest absolute Gasteiger partial charge is 0.282 e. The second-order valence-electron chi connectivity index (χ2n) is 4.30. The van der Waals surface area contributed by atoms with Crippen LogP contribution in [-0.2, 0) is 0 Å². The molecule has 2 aromatic rings. The average Bonchev–Trinajstić information content (AvgIpc) is 2.52. The zero-order valence-electron chi connectivity index (χ0n) is 11.2. The molecule has 22 heavy (non-hydrogen) atoms. The van der Waals surface area contributed by atoms with Crippen molar-refractivity contribution in [2.24, 2.45) is 0 Å². The van der Waals surface area contributed by atoms with Gasteiger partial charge in [-0.2, -0.15) is 0 Å². The summed E-state index contributed by atoms with van der Waals surface area (Å²) in [7, 11) is 0. The van der Waals surface area contributed by atoms with E-state index >= 15 is 0 Å². The van der Waals surface area contributed by atoms with Crippen LogP contribution in [0.2, 0.25) is 0 Å². The van der Waals surface area contributed by atoms with Crippen LogP contribution in [-0.4, -0.2) is 15.6 Å². The highest BCUT2D eigenvalue weighted by molar-refractivity contribution is 6.09. The zero-order valence-corrected chi connectivity index (χ0v) is 11.2. The fraction of sp³-hybridized carbons (Fsp3) is 0. The Kier molecular flexibility index (Phi) is 4.38. The van der Waals surface area contributed by atoms with Crippen molar-refractivity contribution in [2.45, 2.75) is 0 Å². The predicted molar refractivity (Wildman–Crippen MR) is 78.8 cm³/mol. The zero-order chi connectivity index (χ0) is 16.1. The number of nitro benzene ring substituents is 1. The van der Waals surface area contributed by atoms with E-state index in [9.17, 15) is 25.0 Å². The number of rotatable bonds is 5. The van der Waals surface area contributed by atoms with Crippen LogP contribution in [0.3, 0.4) is 0 Å². The van der Waals surface area contributed by atoms with Crippen molar-refractivity contribution >= 4 is 17.5 Å². The minimum atomic E-state index is -0.841. The molecule has 0 unspecified atom stereocenters. The maximum atomic E-state index is 12.2. The quantitative estimate of drug-likeness (QED) is 0.365. The van der Waals surface area contributed by atoms with Gasteiger partial charge in [-0.1, -0.05) is 42.5 Å². The van der Waals surface area contributed by atoms with Gasteiger partial charge in [0.05, 0.1) is 15.4 Å². The summed E-state index contributed by atoms with van der Waals surface area (Å²) < 4.78 is 0. The number of allylic oxidation sites excluding steroid dienone is 1. The summed E-state index contributed by atoms with van der Waals surface area (Å²) in [4.78, 5) is 32.8. The highest BCUT2D eigenvalue weighted by Crippen LogP contribution is 2.22. The van der Waals surface area contributed by atoms with Gasteiger partial charge >= 0.3 is 5.70 Å². The molecular weight excluding hydrogens is 288 g/mol. The Balaban J connectivity index is 2.52. The minimum absolute atomic E-state index is 0.00322. The summed E-state index contributed by atoms with van der Waals surface area (Å²) in [6.07, 6.45) is 0.924. The van der Waals surface area contributed by atoms with Crippen LogP contribution in [0.25, 0.3) is 6.08 Å². The van der Waals surface area contributed by atoms with Crippen molar-refractivity contribution < 1.29 is 14.6 Å². The van der Waals surface area contributed by atoms with Crippen LogP contribution < -0.4 is 0 Å². The number of hydrogen-bond donors (Lipinski definition) is 0. The van der Waals surface area contributed by atoms with Crippen LogP contribution in [0.5, 0.6) is 0 Å². The van der Waals surface area contributed by atoms with Crippen LogP contribution in [0.4, 0.5) is 5.69 Å². The van der Waals surface area contributed by atoms with Crippen molar-refractivity contribution in [3.63, 3.8) is 0 Å². The van der Waals surface area contributed by atoms with E-state index in [4.69, 9.17) is 0 Å². The Morgan fingerprint density at radius 2 is 1.50 bits per heavy atom. The van der Waals surface area contributed by atoms with Crippen LogP contribution >= 0.6 is 0 Å². The van der Waals surface area contributed by atoms with Gasteiger partial charge in [0, 0.05) is 17.7 Å². The molecule has 2 aromatic carbocycles. The molecule has 0 bridgehead atoms. The van der Waals surface area contributed by atoms with Crippen molar-refractivity contribution in [1.29, 1.82) is 0 Å². The third-order valence-electron chi connectivity index (χ3n) is 2.89. The largest absolute Gasteiger partial charge is 0.317 e. The lowest BCUT2D eigenvalue weighted by molar-refractivity contribution is -0.415. The summed E-state index contributed by atoms with van der Waals surface area (Å²) in [6.45, 7) is 0. The summed E-state index contributed by atoms with van der Waals surface area (Å²) >= 11 is 0. The lowest BCUT2D eigenvalue weighted by Crippen LogP contribution is -2.11. The fourth-order valence-electron chi connectivity index (χ4n) is 1.86. The molecule has 0 N–H and O–H groups in total. The lowest BCUT2D eigenvalue weighted by Gasteiger charge is -2.00. The molecule has 0 aliphatic heterocycles. The number of hydrogen-bond acceptors (Lipinski definition) is 5. The highest BCUT2D eigenvalue weighted by Gasteiger charge is 2.25. The van der Waals surface area contributed by atoms with Crippen LogP contribution in [0.15, 0.2) is 60.3 Å². The first-order valence-corrected chi connectivity index (χ1v) is 6.20. The Morgan fingerprint density at radius 3 is 2.09 bits per heavy atom. The second kappa shape index (κ2) is 6.40. The van der Waals surface area contributed by atoms with E-state index in [1.807, 2.05) is 0 Å². The average molecular weight is 298 g/mol. The molecule has 0 amide bonds. The van der Waals surface area contributed by atoms with Gasteiger partial charge in [-0.25, -0.2) is 0 Å². The first-order valence-electron chi connectivity index (χ1n) is 6.20. The SMILES string of the molecule is O=C(/C(=C/c1ccccc1[N+](=O)[O-])[N+](=O)[O-])c1ccccc1. The molecule has 0 radical (unpaired) electrons. The molecule has 0 atom stereocenters. The Labute approximate surface area is 124 Å². The van der Waals surface area contributed by atoms with Gasteiger partial charge in [0.15, 0.2) is 0 Å². The molecule has 0 aliphatic carbocycles. The molecule has 0 fully saturated rings. The summed E-state index contributed by atoms with van der Waals surface area (Å²) in [5, 5.41) is 22.1. The van der Waals surface area contributed by atoms with Gasteiger partial charge in [0.25, 0.3) is 11.5 Å². The molecule has 0 saturated heterocycles. The number of carbonyl (C=O) groups is 1. The molecule has 2 rings (SSSR count). The molecule has 110 valence electrons. The van der Waals surface area contributed by atoms with Crippen molar-refractivity contribution in [1.82, 2.24) is 0 Å². The van der Waals surface area contributed by atoms with E-state index < -0.39 is 21.3 Å². The number of Topliss-reactive ketones (excluding diaryl/α,β-unsaturated/α-hetero) is 1. The standard InChI is InChI=1S/C15H10N2O5/c18-15(11-6-2-1-3-7-11)14(17(21)22)10-12-8-4-5-9-13(12)16(19)20/h1-10H/b14-10-. The Bertz CT molecular complexity index is 769. The molecule has 0 aliphatic rings. The molecule has 7 heteroatoms. The van der Waals surface area contributed by atoms with Gasteiger partial charge in [-0.3, -0.25) is 25.0 Å². The van der Waals surface area contributed by atoms with Crippen LogP contribution in [0.1, 0.15) is 15.9 Å². The number of benzene rings is 2. The van der Waals surface area contributed by atoms with E-state index in [-0.39, 0.29) is 16.8 Å². The number of nitro groups is 2. The van der Waals surface area contributed by atoms with Crippen LogP contribution in [0, 0.1) is 20.2 Å². The predicted octanol–water partition coefficient (Wildman–Crippen LogP) is 3.10. The van der Waals surface area contributed by atoms with Crippen molar-refractivity contribution in [2.75, 3.05) is 0 Å². The summed E-state index contributed by atoms with van der Waals surface area (Å²) in [5.41, 5.74) is -0.879. The van der Waals surface area contributed by atoms with Crippen molar-refractivity contribution in [3.05, 3.63) is 91.6 Å². The van der Waals surface area contributed by atoms with E-state index in [2.05, 4.69) is 0 Å².